The number of nitrogens with one attached hydrogen (secondary N) is 2. The zero-order chi connectivity index (χ0) is 27.0. The van der Waals surface area contributed by atoms with E-state index in [0.29, 0.717) is 18.4 Å². The molecule has 0 aromatic heterocycles. The molecule has 0 spiro atoms. The first kappa shape index (κ1) is 28.6. The minimum absolute atomic E-state index is 0.0460. The van der Waals surface area contributed by atoms with E-state index in [1.54, 1.807) is 12.1 Å². The second-order valence-corrected chi connectivity index (χ2v) is 9.10. The van der Waals surface area contributed by atoms with E-state index in [2.05, 4.69) is 10.6 Å². The molecule has 36 heavy (non-hydrogen) atoms. The van der Waals surface area contributed by atoms with Crippen LogP contribution in [0.5, 0.6) is 5.75 Å². The highest BCUT2D eigenvalue weighted by molar-refractivity contribution is 5.95. The highest BCUT2D eigenvalue weighted by Gasteiger charge is 2.39. The third-order valence-electron chi connectivity index (χ3n) is 6.41. The standard InChI is InChI=1S/C24H35N5O7/c1-3-13(2)20(26)22(33)27-16(11-14-6-8-15(30)9-7-14)23(34)29-10-4-5-18(29)21(32)28-17(24(35)36)12-19(25)31/h6-9,13,16-18,20,30H,3-5,10-12,26H2,1-2H3,(H2,25,31)(H,27,33)(H,28,32)(H,35,36). The average molecular weight is 506 g/mol. The first-order valence-corrected chi connectivity index (χ1v) is 11.9. The van der Waals surface area contributed by atoms with Gasteiger partial charge in [0.15, 0.2) is 0 Å². The Balaban J connectivity index is 2.25. The molecule has 1 fully saturated rings. The van der Waals surface area contributed by atoms with Crippen LogP contribution >= 0.6 is 0 Å². The van der Waals surface area contributed by atoms with E-state index in [9.17, 15) is 34.2 Å². The number of benzene rings is 1. The van der Waals surface area contributed by atoms with Gasteiger partial charge >= 0.3 is 5.97 Å². The van der Waals surface area contributed by atoms with Crippen molar-refractivity contribution < 1.29 is 34.2 Å². The van der Waals surface area contributed by atoms with Crippen molar-refractivity contribution in [3.05, 3.63) is 29.8 Å². The van der Waals surface area contributed by atoms with Gasteiger partial charge in [-0.15, -0.1) is 0 Å². The molecule has 1 saturated heterocycles. The lowest BCUT2D eigenvalue weighted by molar-refractivity contribution is -0.145. The number of hydrogen-bond donors (Lipinski definition) is 6. The number of phenols is 1. The normalized spacial score (nSPS) is 18.5. The third kappa shape index (κ3) is 7.67. The molecular formula is C24H35N5O7. The number of aliphatic carboxylic acids is 1. The first-order valence-electron chi connectivity index (χ1n) is 11.9. The molecular weight excluding hydrogens is 470 g/mol. The molecule has 1 aliphatic heterocycles. The highest BCUT2D eigenvalue weighted by atomic mass is 16.4. The molecule has 0 aliphatic carbocycles. The Kier molecular flexibility index (Phi) is 10.2. The number of aromatic hydroxyl groups is 1. The number of primary amides is 1. The van der Waals surface area contributed by atoms with Crippen LogP contribution in [-0.2, 0) is 30.4 Å². The van der Waals surface area contributed by atoms with E-state index < -0.39 is 60.2 Å². The molecule has 198 valence electrons. The van der Waals surface area contributed by atoms with Crippen LogP contribution in [0, 0.1) is 5.92 Å². The minimum atomic E-state index is -1.52. The zero-order valence-corrected chi connectivity index (χ0v) is 20.5. The van der Waals surface area contributed by atoms with Gasteiger partial charge in [-0.05, 0) is 36.5 Å². The van der Waals surface area contributed by atoms with Gasteiger partial charge in [-0.2, -0.15) is 0 Å². The number of nitrogens with two attached hydrogens (primary N) is 2. The summed E-state index contributed by atoms with van der Waals surface area (Å²) in [7, 11) is 0. The fraction of sp³-hybridized carbons (Fsp3) is 0.542. The second kappa shape index (κ2) is 12.9. The maximum atomic E-state index is 13.6. The van der Waals surface area contributed by atoms with Gasteiger partial charge in [0.1, 0.15) is 23.9 Å². The predicted octanol–water partition coefficient (Wildman–Crippen LogP) is -0.771. The number of nitrogens with zero attached hydrogens (tertiary/aromatic N) is 1. The molecule has 1 aliphatic rings. The van der Waals surface area contributed by atoms with Crippen LogP contribution < -0.4 is 22.1 Å². The molecule has 0 saturated carbocycles. The number of likely N-dealkylation sites (tertiary alicyclic amines) is 1. The lowest BCUT2D eigenvalue weighted by Gasteiger charge is -2.30. The zero-order valence-electron chi connectivity index (χ0n) is 20.5. The lowest BCUT2D eigenvalue weighted by atomic mass is 9.98. The molecule has 5 unspecified atom stereocenters. The van der Waals surface area contributed by atoms with Crippen molar-refractivity contribution in [3.63, 3.8) is 0 Å². The summed E-state index contributed by atoms with van der Waals surface area (Å²) in [5.74, 6) is -4.14. The number of amides is 4. The van der Waals surface area contributed by atoms with E-state index in [1.807, 2.05) is 13.8 Å². The van der Waals surface area contributed by atoms with E-state index in [1.165, 1.54) is 17.0 Å². The van der Waals surface area contributed by atoms with Crippen molar-refractivity contribution in [2.45, 2.75) is 70.1 Å². The van der Waals surface area contributed by atoms with E-state index in [4.69, 9.17) is 11.5 Å². The topological polar surface area (TPSA) is 205 Å². The van der Waals surface area contributed by atoms with Crippen LogP contribution in [0.25, 0.3) is 0 Å². The summed E-state index contributed by atoms with van der Waals surface area (Å²) in [6.45, 7) is 3.95. The van der Waals surface area contributed by atoms with Crippen molar-refractivity contribution in [1.29, 1.82) is 0 Å². The Labute approximate surface area is 209 Å². The number of carbonyl (C=O) groups is 5. The quantitative estimate of drug-likeness (QED) is 0.212. The van der Waals surface area contributed by atoms with Crippen LogP contribution in [0.1, 0.15) is 45.1 Å². The van der Waals surface area contributed by atoms with Crippen molar-refractivity contribution in [2.24, 2.45) is 17.4 Å². The number of rotatable bonds is 12. The van der Waals surface area contributed by atoms with Crippen molar-refractivity contribution in [3.8, 4) is 5.75 Å². The van der Waals surface area contributed by atoms with Gasteiger partial charge in [-0.25, -0.2) is 4.79 Å². The number of carboxylic acids is 1. The molecule has 1 heterocycles. The maximum absolute atomic E-state index is 13.6. The lowest BCUT2D eigenvalue weighted by Crippen LogP contribution is -2.58. The molecule has 1 aromatic carbocycles. The molecule has 1 aromatic rings. The fourth-order valence-corrected chi connectivity index (χ4v) is 4.02. The average Bonchev–Trinajstić information content (AvgIpc) is 3.32. The van der Waals surface area contributed by atoms with Crippen molar-refractivity contribution >= 4 is 29.6 Å². The first-order chi connectivity index (χ1) is 16.9. The van der Waals surface area contributed by atoms with E-state index in [-0.39, 0.29) is 31.1 Å². The van der Waals surface area contributed by atoms with Gasteiger partial charge in [0.05, 0.1) is 12.5 Å². The molecule has 2 rings (SSSR count). The van der Waals surface area contributed by atoms with Gasteiger partial charge in [-0.3, -0.25) is 19.2 Å². The predicted molar refractivity (Wildman–Crippen MR) is 129 cm³/mol. The summed E-state index contributed by atoms with van der Waals surface area (Å²) in [4.78, 5) is 63.2. The molecule has 5 atom stereocenters. The summed E-state index contributed by atoms with van der Waals surface area (Å²) in [5.41, 5.74) is 11.8. The Morgan fingerprint density at radius 1 is 1.11 bits per heavy atom. The smallest absolute Gasteiger partial charge is 0.326 e. The van der Waals surface area contributed by atoms with Gasteiger partial charge in [-0.1, -0.05) is 32.4 Å². The van der Waals surface area contributed by atoms with Crippen LogP contribution in [0.2, 0.25) is 0 Å². The summed E-state index contributed by atoms with van der Waals surface area (Å²) in [6, 6.07) is 1.76. The largest absolute Gasteiger partial charge is 0.508 e. The summed E-state index contributed by atoms with van der Waals surface area (Å²) in [6.07, 6.45) is 0.934. The number of carboxylic acid groups (broad SMARTS) is 1. The Hall–Kier alpha value is -3.67. The van der Waals surface area contributed by atoms with Gasteiger partial charge in [0.25, 0.3) is 0 Å². The van der Waals surface area contributed by atoms with Crippen LogP contribution in [0.3, 0.4) is 0 Å². The Bertz CT molecular complexity index is 968. The van der Waals surface area contributed by atoms with E-state index >= 15 is 0 Å². The van der Waals surface area contributed by atoms with Gasteiger partial charge < -0.3 is 37.2 Å². The fourth-order valence-electron chi connectivity index (χ4n) is 4.02. The Morgan fingerprint density at radius 3 is 2.31 bits per heavy atom. The maximum Gasteiger partial charge on any atom is 0.326 e. The monoisotopic (exact) mass is 505 g/mol. The molecule has 12 heteroatoms. The molecule has 4 amide bonds. The summed E-state index contributed by atoms with van der Waals surface area (Å²) in [5, 5.41) is 23.9. The summed E-state index contributed by atoms with van der Waals surface area (Å²) < 4.78 is 0. The number of hydrogen-bond acceptors (Lipinski definition) is 7. The van der Waals surface area contributed by atoms with Crippen molar-refractivity contribution in [1.82, 2.24) is 15.5 Å². The molecule has 12 nitrogen and oxygen atoms in total. The molecule has 0 radical (unpaired) electrons. The van der Waals surface area contributed by atoms with Crippen molar-refractivity contribution in [2.75, 3.05) is 6.54 Å². The van der Waals surface area contributed by atoms with Crippen LogP contribution in [0.15, 0.2) is 24.3 Å². The number of phenolic OH excluding ortho intramolecular Hbond substituents is 1. The number of carbonyl (C=O) groups excluding carboxylic acids is 4. The van der Waals surface area contributed by atoms with Crippen LogP contribution in [0.4, 0.5) is 0 Å². The highest BCUT2D eigenvalue weighted by Crippen LogP contribution is 2.21. The minimum Gasteiger partial charge on any atom is -0.508 e. The molecule has 8 N–H and O–H groups in total. The third-order valence-corrected chi connectivity index (χ3v) is 6.41. The van der Waals surface area contributed by atoms with E-state index in [0.717, 1.165) is 0 Å². The summed E-state index contributed by atoms with van der Waals surface area (Å²) >= 11 is 0. The van der Waals surface area contributed by atoms with Gasteiger partial charge in [0.2, 0.25) is 23.6 Å². The molecule has 0 bridgehead atoms. The van der Waals surface area contributed by atoms with Gasteiger partial charge in [0, 0.05) is 13.0 Å². The Morgan fingerprint density at radius 2 is 1.75 bits per heavy atom. The SMILES string of the molecule is CCC(C)C(N)C(=O)NC(Cc1ccc(O)cc1)C(=O)N1CCCC1C(=O)NC(CC(N)=O)C(=O)O. The second-order valence-electron chi connectivity index (χ2n) is 9.10. The van der Waals surface area contributed by atoms with Crippen LogP contribution in [-0.4, -0.2) is 75.4 Å².